The molecule has 32 heavy (non-hydrogen) atoms. The molecule has 3 N–H and O–H groups in total. The van der Waals surface area contributed by atoms with Crippen LogP contribution in [-0.2, 0) is 11.1 Å². The number of nitrogens with one attached hydrogen (secondary N) is 1. The molecule has 0 aliphatic rings. The number of amides is 1. The molecule has 0 radical (unpaired) electrons. The molecule has 1 amide bonds. The molecule has 0 aliphatic carbocycles. The van der Waals surface area contributed by atoms with E-state index in [1.165, 1.54) is 12.1 Å². The smallest absolute Gasteiger partial charge is 0.321 e. The monoisotopic (exact) mass is 447 g/mol. The SMILES string of the molecule is Cc1cc(NC(=O)c2nc3cc(C#N)ccc3n2Cc2ccc(P(=O)(O)O)cc2)ccn1. The van der Waals surface area contributed by atoms with Crippen molar-refractivity contribution < 1.29 is 19.1 Å². The van der Waals surface area contributed by atoms with Crippen LogP contribution in [0, 0.1) is 18.3 Å². The summed E-state index contributed by atoms with van der Waals surface area (Å²) in [4.78, 5) is 40.3. The van der Waals surface area contributed by atoms with E-state index in [0.717, 1.165) is 11.3 Å². The predicted octanol–water partition coefficient (Wildman–Crippen LogP) is 2.72. The molecule has 4 aromatic rings. The number of carbonyl (C=O) groups excluding carboxylic acids is 1. The van der Waals surface area contributed by atoms with E-state index in [2.05, 4.69) is 21.4 Å². The number of pyridine rings is 1. The molecule has 160 valence electrons. The molecule has 2 aromatic carbocycles. The molecular weight excluding hydrogens is 429 g/mol. The molecule has 2 heterocycles. The first kappa shape index (κ1) is 21.4. The molecule has 10 heteroatoms. The van der Waals surface area contributed by atoms with Gasteiger partial charge in [-0.1, -0.05) is 12.1 Å². The number of hydrogen-bond donors (Lipinski definition) is 3. The lowest BCUT2D eigenvalue weighted by Gasteiger charge is -2.11. The minimum absolute atomic E-state index is 0.0820. The van der Waals surface area contributed by atoms with E-state index < -0.39 is 13.5 Å². The topological polar surface area (TPSA) is 141 Å². The van der Waals surface area contributed by atoms with Crippen LogP contribution < -0.4 is 10.6 Å². The maximum absolute atomic E-state index is 13.1. The fraction of sp³-hybridized carbons (Fsp3) is 0.0909. The Morgan fingerprint density at radius 1 is 1.16 bits per heavy atom. The number of aryl methyl sites for hydroxylation is 1. The predicted molar refractivity (Wildman–Crippen MR) is 119 cm³/mol. The van der Waals surface area contributed by atoms with Gasteiger partial charge >= 0.3 is 7.60 Å². The zero-order valence-corrected chi connectivity index (χ0v) is 17.8. The van der Waals surface area contributed by atoms with Crippen LogP contribution in [-0.4, -0.2) is 30.2 Å². The molecule has 0 aliphatic heterocycles. The Morgan fingerprint density at radius 2 is 1.91 bits per heavy atom. The van der Waals surface area contributed by atoms with E-state index in [1.54, 1.807) is 53.2 Å². The van der Waals surface area contributed by atoms with Gasteiger partial charge in [0, 0.05) is 24.1 Å². The molecule has 0 saturated heterocycles. The highest BCUT2D eigenvalue weighted by molar-refractivity contribution is 7.60. The van der Waals surface area contributed by atoms with Crippen LogP contribution >= 0.6 is 7.60 Å². The first-order chi connectivity index (χ1) is 15.2. The normalized spacial score (nSPS) is 11.3. The third kappa shape index (κ3) is 4.43. The van der Waals surface area contributed by atoms with Crippen molar-refractivity contribution in [3.63, 3.8) is 0 Å². The number of anilines is 1. The minimum Gasteiger partial charge on any atom is -0.321 e. The number of imidazole rings is 1. The standard InChI is InChI=1S/C22H18N5O4P/c1-14-10-17(8-9-24-14)25-22(28)21-26-19-11-16(12-23)4-7-20(19)27(21)13-15-2-5-18(6-3-15)32(29,30)31/h2-11H,13H2,1H3,(H,24,25,28)(H2,29,30,31). The molecule has 2 aromatic heterocycles. The Bertz CT molecular complexity index is 1420. The highest BCUT2D eigenvalue weighted by atomic mass is 31.2. The first-order valence-corrected chi connectivity index (χ1v) is 11.2. The zero-order chi connectivity index (χ0) is 22.9. The third-order valence-electron chi connectivity index (χ3n) is 4.85. The van der Waals surface area contributed by atoms with Crippen LogP contribution in [0.15, 0.2) is 60.8 Å². The van der Waals surface area contributed by atoms with Gasteiger partial charge in [-0.2, -0.15) is 5.26 Å². The van der Waals surface area contributed by atoms with E-state index >= 15 is 0 Å². The molecule has 9 nitrogen and oxygen atoms in total. The highest BCUT2D eigenvalue weighted by Gasteiger charge is 2.20. The number of benzene rings is 2. The molecular formula is C22H18N5O4P. The van der Waals surface area contributed by atoms with Crippen LogP contribution in [0.2, 0.25) is 0 Å². The molecule has 0 saturated carbocycles. The van der Waals surface area contributed by atoms with Crippen LogP contribution in [0.25, 0.3) is 11.0 Å². The van der Waals surface area contributed by atoms with E-state index in [4.69, 9.17) is 0 Å². The van der Waals surface area contributed by atoms with E-state index in [0.29, 0.717) is 22.3 Å². The lowest BCUT2D eigenvalue weighted by Crippen LogP contribution is -2.19. The van der Waals surface area contributed by atoms with Gasteiger partial charge in [0.1, 0.15) is 0 Å². The van der Waals surface area contributed by atoms with Gasteiger partial charge in [0.25, 0.3) is 5.91 Å². The third-order valence-corrected chi connectivity index (χ3v) is 5.82. The lowest BCUT2D eigenvalue weighted by molar-refractivity contribution is 0.101. The molecule has 0 atom stereocenters. The first-order valence-electron chi connectivity index (χ1n) is 9.54. The van der Waals surface area contributed by atoms with Gasteiger partial charge in [0.15, 0.2) is 0 Å². The Hall–Kier alpha value is -3.83. The molecule has 4 rings (SSSR count). The van der Waals surface area contributed by atoms with Crippen molar-refractivity contribution in [1.82, 2.24) is 14.5 Å². The Kier molecular flexibility index (Phi) is 5.59. The van der Waals surface area contributed by atoms with Gasteiger partial charge in [0.05, 0.1) is 28.0 Å². The van der Waals surface area contributed by atoms with E-state index in [-0.39, 0.29) is 17.7 Å². The van der Waals surface area contributed by atoms with Crippen LogP contribution in [0.5, 0.6) is 0 Å². The lowest BCUT2D eigenvalue weighted by atomic mass is 10.2. The van der Waals surface area contributed by atoms with Crippen molar-refractivity contribution >= 4 is 35.5 Å². The van der Waals surface area contributed by atoms with Crippen molar-refractivity contribution in [3.05, 3.63) is 83.4 Å². The van der Waals surface area contributed by atoms with Crippen LogP contribution in [0.1, 0.15) is 27.4 Å². The second-order valence-corrected chi connectivity index (χ2v) is 8.79. The molecule has 0 fully saturated rings. The zero-order valence-electron chi connectivity index (χ0n) is 16.9. The van der Waals surface area contributed by atoms with Gasteiger partial charge in [0.2, 0.25) is 5.82 Å². The molecule has 0 bridgehead atoms. The van der Waals surface area contributed by atoms with Gasteiger partial charge in [-0.15, -0.1) is 0 Å². The minimum atomic E-state index is -4.34. The number of carbonyl (C=O) groups is 1. The Labute approximate surface area is 183 Å². The maximum Gasteiger partial charge on any atom is 0.356 e. The molecule has 0 spiro atoms. The summed E-state index contributed by atoms with van der Waals surface area (Å²) in [5.74, 6) is -0.291. The molecule has 0 unspecified atom stereocenters. The summed E-state index contributed by atoms with van der Waals surface area (Å²) in [6.45, 7) is 2.05. The van der Waals surface area contributed by atoms with E-state index in [1.807, 2.05) is 6.92 Å². The van der Waals surface area contributed by atoms with E-state index in [9.17, 15) is 24.4 Å². The largest absolute Gasteiger partial charge is 0.356 e. The fourth-order valence-corrected chi connectivity index (χ4v) is 3.86. The van der Waals surface area contributed by atoms with Crippen molar-refractivity contribution in [2.24, 2.45) is 0 Å². The number of aromatic nitrogens is 3. The van der Waals surface area contributed by atoms with Crippen molar-refractivity contribution in [3.8, 4) is 6.07 Å². The number of rotatable bonds is 5. The fourth-order valence-electron chi connectivity index (χ4n) is 3.32. The van der Waals surface area contributed by atoms with Gasteiger partial charge in [-0.25, -0.2) is 4.98 Å². The van der Waals surface area contributed by atoms with Gasteiger partial charge in [-0.3, -0.25) is 14.3 Å². The summed E-state index contributed by atoms with van der Waals surface area (Å²) < 4.78 is 13.1. The van der Waals surface area contributed by atoms with Crippen molar-refractivity contribution in [1.29, 1.82) is 5.26 Å². The van der Waals surface area contributed by atoms with Gasteiger partial charge in [-0.05, 0) is 55.0 Å². The second kappa shape index (κ2) is 8.36. The summed E-state index contributed by atoms with van der Waals surface area (Å²) in [6, 6.07) is 16.4. The Balaban J connectivity index is 1.75. The van der Waals surface area contributed by atoms with Crippen LogP contribution in [0.4, 0.5) is 5.69 Å². The number of hydrogen-bond acceptors (Lipinski definition) is 5. The number of fused-ring (bicyclic) bond motifs is 1. The average Bonchev–Trinajstić information content (AvgIpc) is 3.11. The summed E-state index contributed by atoms with van der Waals surface area (Å²) in [6.07, 6.45) is 1.59. The second-order valence-electron chi connectivity index (χ2n) is 7.19. The van der Waals surface area contributed by atoms with Gasteiger partial charge < -0.3 is 19.7 Å². The summed E-state index contributed by atoms with van der Waals surface area (Å²) in [5.41, 5.74) is 3.61. The Morgan fingerprint density at radius 3 is 2.56 bits per heavy atom. The highest BCUT2D eigenvalue weighted by Crippen LogP contribution is 2.33. The number of nitriles is 1. The summed E-state index contributed by atoms with van der Waals surface area (Å²) in [7, 11) is -4.34. The van der Waals surface area contributed by atoms with Crippen molar-refractivity contribution in [2.75, 3.05) is 5.32 Å². The average molecular weight is 447 g/mol. The van der Waals surface area contributed by atoms with Crippen molar-refractivity contribution in [2.45, 2.75) is 13.5 Å². The maximum atomic E-state index is 13.1. The quantitative estimate of drug-likeness (QED) is 0.400. The van der Waals surface area contributed by atoms with Crippen LogP contribution in [0.3, 0.4) is 0 Å². The summed E-state index contributed by atoms with van der Waals surface area (Å²) in [5, 5.41) is 11.9. The number of nitrogens with zero attached hydrogens (tertiary/aromatic N) is 4. The summed E-state index contributed by atoms with van der Waals surface area (Å²) >= 11 is 0.